The average Bonchev–Trinajstić information content (AvgIpc) is 2.75. The Kier molecular flexibility index (Phi) is 5.12. The minimum Gasteiger partial charge on any atom is -0.337 e. The van der Waals surface area contributed by atoms with Crippen molar-refractivity contribution in [3.63, 3.8) is 0 Å². The molecule has 0 aromatic heterocycles. The molecule has 21 heavy (non-hydrogen) atoms. The van der Waals surface area contributed by atoms with Crippen LogP contribution in [0.3, 0.4) is 0 Å². The number of likely N-dealkylation sites (tertiary alicyclic amines) is 1. The highest BCUT2D eigenvalue weighted by Crippen LogP contribution is 2.12. The molecule has 0 aromatic rings. The second-order valence-corrected chi connectivity index (χ2v) is 5.83. The van der Waals surface area contributed by atoms with Gasteiger partial charge in [0, 0.05) is 58.2 Å². The van der Waals surface area contributed by atoms with Crippen LogP contribution in [0.5, 0.6) is 0 Å². The molecule has 6 nitrogen and oxygen atoms in total. The third kappa shape index (κ3) is 4.14. The van der Waals surface area contributed by atoms with Crippen LogP contribution in [0.4, 0.5) is 0 Å². The van der Waals surface area contributed by atoms with Crippen molar-refractivity contribution in [3.8, 4) is 0 Å². The summed E-state index contributed by atoms with van der Waals surface area (Å²) < 4.78 is 0. The molecule has 0 bridgehead atoms. The Morgan fingerprint density at radius 3 is 2.10 bits per heavy atom. The SMILES string of the molecule is CC(C)=CC(=O)N1CCN(CCN2C(=O)CCC2=O)CC1. The maximum atomic E-state index is 11.9. The normalized spacial score (nSPS) is 20.1. The molecule has 2 heterocycles. The molecule has 0 aromatic carbocycles. The lowest BCUT2D eigenvalue weighted by Crippen LogP contribution is -2.50. The lowest BCUT2D eigenvalue weighted by molar-refractivity contribution is -0.138. The summed E-state index contributed by atoms with van der Waals surface area (Å²) in [6.07, 6.45) is 2.37. The van der Waals surface area contributed by atoms with Gasteiger partial charge in [-0.1, -0.05) is 5.57 Å². The van der Waals surface area contributed by atoms with E-state index in [2.05, 4.69) is 4.90 Å². The van der Waals surface area contributed by atoms with E-state index in [0.717, 1.165) is 18.7 Å². The van der Waals surface area contributed by atoms with E-state index in [9.17, 15) is 14.4 Å². The second-order valence-electron chi connectivity index (χ2n) is 5.83. The molecule has 2 aliphatic rings. The van der Waals surface area contributed by atoms with E-state index in [1.54, 1.807) is 6.08 Å². The maximum Gasteiger partial charge on any atom is 0.246 e. The zero-order valence-electron chi connectivity index (χ0n) is 12.8. The monoisotopic (exact) mass is 293 g/mol. The van der Waals surface area contributed by atoms with Crippen LogP contribution in [0.1, 0.15) is 26.7 Å². The van der Waals surface area contributed by atoms with E-state index in [1.807, 2.05) is 18.7 Å². The molecule has 6 heteroatoms. The van der Waals surface area contributed by atoms with Crippen molar-refractivity contribution in [2.45, 2.75) is 26.7 Å². The highest BCUT2D eigenvalue weighted by atomic mass is 16.2. The molecule has 2 saturated heterocycles. The van der Waals surface area contributed by atoms with Crippen LogP contribution in [0.15, 0.2) is 11.6 Å². The smallest absolute Gasteiger partial charge is 0.246 e. The predicted octanol–water partition coefficient (Wildman–Crippen LogP) is 0.246. The van der Waals surface area contributed by atoms with E-state index in [4.69, 9.17) is 0 Å². The van der Waals surface area contributed by atoms with Crippen molar-refractivity contribution >= 4 is 17.7 Å². The zero-order valence-corrected chi connectivity index (χ0v) is 12.8. The van der Waals surface area contributed by atoms with E-state index in [0.29, 0.717) is 39.0 Å². The molecule has 0 N–H and O–H groups in total. The van der Waals surface area contributed by atoms with Crippen LogP contribution in [0.25, 0.3) is 0 Å². The molecule has 116 valence electrons. The molecular weight excluding hydrogens is 270 g/mol. The molecule has 2 rings (SSSR count). The van der Waals surface area contributed by atoms with E-state index in [1.165, 1.54) is 4.90 Å². The molecular formula is C15H23N3O3. The fourth-order valence-electron chi connectivity index (χ4n) is 2.64. The first kappa shape index (κ1) is 15.7. The quantitative estimate of drug-likeness (QED) is 0.550. The molecule has 0 aliphatic carbocycles. The van der Waals surface area contributed by atoms with Crippen molar-refractivity contribution in [1.29, 1.82) is 0 Å². The van der Waals surface area contributed by atoms with Crippen molar-refractivity contribution < 1.29 is 14.4 Å². The first-order valence-corrected chi connectivity index (χ1v) is 7.47. The van der Waals surface area contributed by atoms with Gasteiger partial charge < -0.3 is 4.90 Å². The number of nitrogens with zero attached hydrogens (tertiary/aromatic N) is 3. The number of amides is 3. The Bertz CT molecular complexity index is 445. The number of rotatable bonds is 4. The third-order valence-electron chi connectivity index (χ3n) is 3.89. The molecule has 2 aliphatic heterocycles. The van der Waals surface area contributed by atoms with Gasteiger partial charge in [0.2, 0.25) is 17.7 Å². The van der Waals surface area contributed by atoms with Crippen molar-refractivity contribution in [3.05, 3.63) is 11.6 Å². The molecule has 2 fully saturated rings. The number of carbonyl (C=O) groups is 3. The molecule has 0 spiro atoms. The molecule has 0 saturated carbocycles. The number of imide groups is 1. The summed E-state index contributed by atoms with van der Waals surface area (Å²) in [5, 5.41) is 0. The van der Waals surface area contributed by atoms with Crippen LogP contribution < -0.4 is 0 Å². The predicted molar refractivity (Wildman–Crippen MR) is 78.4 cm³/mol. The first-order valence-electron chi connectivity index (χ1n) is 7.47. The highest BCUT2D eigenvalue weighted by molar-refractivity contribution is 6.01. The van der Waals surface area contributed by atoms with Gasteiger partial charge >= 0.3 is 0 Å². The van der Waals surface area contributed by atoms with Crippen LogP contribution in [0, 0.1) is 0 Å². The van der Waals surface area contributed by atoms with Gasteiger partial charge in [0.15, 0.2) is 0 Å². The number of allylic oxidation sites excluding steroid dienone is 1. The van der Waals surface area contributed by atoms with Gasteiger partial charge in [-0.25, -0.2) is 0 Å². The van der Waals surface area contributed by atoms with Crippen molar-refractivity contribution in [2.75, 3.05) is 39.3 Å². The lowest BCUT2D eigenvalue weighted by Gasteiger charge is -2.34. The van der Waals surface area contributed by atoms with E-state index in [-0.39, 0.29) is 17.7 Å². The van der Waals surface area contributed by atoms with Gasteiger partial charge in [-0.05, 0) is 13.8 Å². The largest absolute Gasteiger partial charge is 0.337 e. The van der Waals surface area contributed by atoms with Gasteiger partial charge in [0.05, 0.1) is 0 Å². The second kappa shape index (κ2) is 6.85. The summed E-state index contributed by atoms with van der Waals surface area (Å²) >= 11 is 0. The summed E-state index contributed by atoms with van der Waals surface area (Å²) in [6, 6.07) is 0. The average molecular weight is 293 g/mol. The van der Waals surface area contributed by atoms with Gasteiger partial charge in [-0.3, -0.25) is 24.2 Å². The minimum absolute atomic E-state index is 0.0580. The van der Waals surface area contributed by atoms with Gasteiger partial charge in [-0.2, -0.15) is 0 Å². The molecule has 3 amide bonds. The molecule has 0 unspecified atom stereocenters. The van der Waals surface area contributed by atoms with Gasteiger partial charge in [-0.15, -0.1) is 0 Å². The Morgan fingerprint density at radius 2 is 1.57 bits per heavy atom. The van der Waals surface area contributed by atoms with Gasteiger partial charge in [0.25, 0.3) is 0 Å². The summed E-state index contributed by atoms with van der Waals surface area (Å²) in [5.74, 6) is -0.0470. The van der Waals surface area contributed by atoms with Crippen LogP contribution in [-0.4, -0.2) is 71.7 Å². The van der Waals surface area contributed by atoms with Crippen LogP contribution in [-0.2, 0) is 14.4 Å². The zero-order chi connectivity index (χ0) is 15.4. The Hall–Kier alpha value is -1.69. The molecule has 0 radical (unpaired) electrons. The van der Waals surface area contributed by atoms with Crippen LogP contribution in [0.2, 0.25) is 0 Å². The number of carbonyl (C=O) groups excluding carboxylic acids is 3. The van der Waals surface area contributed by atoms with Crippen molar-refractivity contribution in [2.24, 2.45) is 0 Å². The number of piperazine rings is 1. The molecule has 0 atom stereocenters. The summed E-state index contributed by atoms with van der Waals surface area (Å²) in [7, 11) is 0. The number of hydrogen-bond donors (Lipinski definition) is 0. The van der Waals surface area contributed by atoms with Crippen molar-refractivity contribution in [1.82, 2.24) is 14.7 Å². The first-order chi connectivity index (χ1) is 9.97. The highest BCUT2D eigenvalue weighted by Gasteiger charge is 2.29. The fourth-order valence-corrected chi connectivity index (χ4v) is 2.64. The third-order valence-corrected chi connectivity index (χ3v) is 3.89. The topological polar surface area (TPSA) is 60.9 Å². The standard InChI is InChI=1S/C15H23N3O3/c1-12(2)11-15(21)17-8-5-16(6-9-17)7-10-18-13(19)3-4-14(18)20/h11H,3-10H2,1-2H3. The minimum atomic E-state index is -0.0580. The van der Waals surface area contributed by atoms with E-state index >= 15 is 0 Å². The Balaban J connectivity index is 1.74. The van der Waals surface area contributed by atoms with Crippen LogP contribution >= 0.6 is 0 Å². The summed E-state index contributed by atoms with van der Waals surface area (Å²) in [5.41, 5.74) is 1.01. The fraction of sp³-hybridized carbons (Fsp3) is 0.667. The Morgan fingerprint density at radius 1 is 1.00 bits per heavy atom. The maximum absolute atomic E-state index is 11.9. The lowest BCUT2D eigenvalue weighted by atomic mass is 10.2. The van der Waals surface area contributed by atoms with Gasteiger partial charge in [0.1, 0.15) is 0 Å². The summed E-state index contributed by atoms with van der Waals surface area (Å²) in [6.45, 7) is 7.98. The van der Waals surface area contributed by atoms with E-state index < -0.39 is 0 Å². The number of hydrogen-bond acceptors (Lipinski definition) is 4. The summed E-state index contributed by atoms with van der Waals surface area (Å²) in [4.78, 5) is 40.4. The Labute approximate surface area is 125 Å².